The zero-order chi connectivity index (χ0) is 16.4. The van der Waals surface area contributed by atoms with E-state index < -0.39 is 10.8 Å². The predicted molar refractivity (Wildman–Crippen MR) is 87.0 cm³/mol. The van der Waals surface area contributed by atoms with Crippen LogP contribution < -0.4 is 5.32 Å². The fourth-order valence-corrected chi connectivity index (χ4v) is 2.66. The Morgan fingerprint density at radius 3 is 2.68 bits per heavy atom. The lowest BCUT2D eigenvalue weighted by Crippen LogP contribution is -2.24. The first-order valence-electron chi connectivity index (χ1n) is 7.27. The van der Waals surface area contributed by atoms with Crippen molar-refractivity contribution in [3.05, 3.63) is 35.4 Å². The summed E-state index contributed by atoms with van der Waals surface area (Å²) < 4.78 is 15.8. The average Bonchev–Trinajstić information content (AvgIpc) is 2.49. The third-order valence-electron chi connectivity index (χ3n) is 3.13. The zero-order valence-corrected chi connectivity index (χ0v) is 13.9. The number of hydrogen-bond acceptors (Lipinski definition) is 4. The summed E-state index contributed by atoms with van der Waals surface area (Å²) in [4.78, 5) is 22.9. The number of amides is 1. The van der Waals surface area contributed by atoms with Crippen LogP contribution in [0.15, 0.2) is 24.3 Å². The highest BCUT2D eigenvalue weighted by Crippen LogP contribution is 2.08. The molecular weight excluding hydrogens is 302 g/mol. The topological polar surface area (TPSA) is 72.5 Å². The standard InChI is InChI=1S/C16H23NO4S/c1-21-15(18)9-4-3-5-10-17-16(19)14-8-6-7-13(11-14)12-22(2)20/h6-8,11H,3-5,9-10,12H2,1-2H3,(H,17,19). The summed E-state index contributed by atoms with van der Waals surface area (Å²) in [6.45, 7) is 0.573. The highest BCUT2D eigenvalue weighted by Gasteiger charge is 2.06. The summed E-state index contributed by atoms with van der Waals surface area (Å²) in [6.07, 6.45) is 4.51. The zero-order valence-electron chi connectivity index (χ0n) is 13.1. The van der Waals surface area contributed by atoms with Crippen molar-refractivity contribution in [3.8, 4) is 0 Å². The van der Waals surface area contributed by atoms with Gasteiger partial charge in [0.2, 0.25) is 0 Å². The van der Waals surface area contributed by atoms with E-state index in [0.717, 1.165) is 24.8 Å². The van der Waals surface area contributed by atoms with Gasteiger partial charge in [0.25, 0.3) is 5.91 Å². The molecule has 122 valence electrons. The molecule has 5 nitrogen and oxygen atoms in total. The number of unbranched alkanes of at least 4 members (excludes halogenated alkanes) is 2. The van der Waals surface area contributed by atoms with E-state index in [9.17, 15) is 13.8 Å². The summed E-state index contributed by atoms with van der Waals surface area (Å²) in [5.41, 5.74) is 1.48. The van der Waals surface area contributed by atoms with Gasteiger partial charge in [-0.05, 0) is 30.5 Å². The molecule has 0 spiro atoms. The molecule has 1 unspecified atom stereocenters. The molecule has 0 radical (unpaired) electrons. The van der Waals surface area contributed by atoms with Gasteiger partial charge in [-0.15, -0.1) is 0 Å². The molecule has 1 aromatic carbocycles. The van der Waals surface area contributed by atoms with Crippen molar-refractivity contribution in [1.29, 1.82) is 0 Å². The number of esters is 1. The number of carbonyl (C=O) groups excluding carboxylic acids is 2. The Kier molecular flexibility index (Phi) is 8.43. The van der Waals surface area contributed by atoms with Crippen LogP contribution in [0.2, 0.25) is 0 Å². The Morgan fingerprint density at radius 1 is 1.23 bits per heavy atom. The van der Waals surface area contributed by atoms with E-state index in [2.05, 4.69) is 10.1 Å². The van der Waals surface area contributed by atoms with Crippen LogP contribution in [0.5, 0.6) is 0 Å². The van der Waals surface area contributed by atoms with Crippen molar-refractivity contribution in [1.82, 2.24) is 5.32 Å². The van der Waals surface area contributed by atoms with E-state index in [1.54, 1.807) is 24.5 Å². The molecule has 0 aliphatic heterocycles. The van der Waals surface area contributed by atoms with Crippen LogP contribution >= 0.6 is 0 Å². The summed E-state index contributed by atoms with van der Waals surface area (Å²) in [5, 5.41) is 2.85. The molecule has 1 N–H and O–H groups in total. The van der Waals surface area contributed by atoms with Gasteiger partial charge in [0, 0.05) is 41.3 Å². The smallest absolute Gasteiger partial charge is 0.305 e. The maximum absolute atomic E-state index is 12.0. The molecule has 0 saturated heterocycles. The summed E-state index contributed by atoms with van der Waals surface area (Å²) in [5.74, 6) is 0.125. The van der Waals surface area contributed by atoms with Crippen molar-refractivity contribution in [2.75, 3.05) is 19.9 Å². The first-order valence-corrected chi connectivity index (χ1v) is 8.99. The van der Waals surface area contributed by atoms with Crippen LogP contribution in [0.3, 0.4) is 0 Å². The van der Waals surface area contributed by atoms with Gasteiger partial charge in [-0.1, -0.05) is 18.6 Å². The molecule has 0 aliphatic carbocycles. The normalized spacial score (nSPS) is 11.7. The van der Waals surface area contributed by atoms with Crippen LogP contribution in [0.25, 0.3) is 0 Å². The van der Waals surface area contributed by atoms with Gasteiger partial charge in [-0.25, -0.2) is 0 Å². The van der Waals surface area contributed by atoms with Crippen LogP contribution in [-0.4, -0.2) is 36.0 Å². The maximum Gasteiger partial charge on any atom is 0.305 e. The molecule has 0 fully saturated rings. The maximum atomic E-state index is 12.0. The molecule has 1 amide bonds. The lowest BCUT2D eigenvalue weighted by molar-refractivity contribution is -0.140. The van der Waals surface area contributed by atoms with Gasteiger partial charge >= 0.3 is 5.97 Å². The number of benzene rings is 1. The second-order valence-electron chi connectivity index (χ2n) is 5.06. The Labute approximate surface area is 133 Å². The minimum absolute atomic E-state index is 0.128. The van der Waals surface area contributed by atoms with Gasteiger partial charge in [-0.2, -0.15) is 0 Å². The summed E-state index contributed by atoms with van der Waals surface area (Å²) in [7, 11) is 0.458. The summed E-state index contributed by atoms with van der Waals surface area (Å²) in [6, 6.07) is 7.18. The Balaban J connectivity index is 2.30. The van der Waals surface area contributed by atoms with Gasteiger partial charge < -0.3 is 10.1 Å². The Bertz CT molecular complexity index is 531. The van der Waals surface area contributed by atoms with Gasteiger partial charge in [-0.3, -0.25) is 13.8 Å². The molecular formula is C16H23NO4S. The Morgan fingerprint density at radius 2 is 2.00 bits per heavy atom. The fraction of sp³-hybridized carbons (Fsp3) is 0.500. The molecule has 1 atom stereocenters. The Hall–Kier alpha value is -1.69. The number of ether oxygens (including phenoxy) is 1. The van der Waals surface area contributed by atoms with E-state index in [-0.39, 0.29) is 11.9 Å². The predicted octanol–water partition coefficient (Wildman–Crippen LogP) is 2.03. The second kappa shape index (κ2) is 10.1. The van der Waals surface area contributed by atoms with E-state index in [1.807, 2.05) is 6.07 Å². The molecule has 0 aliphatic rings. The number of nitrogens with one attached hydrogen (secondary N) is 1. The molecule has 1 aromatic rings. The minimum Gasteiger partial charge on any atom is -0.469 e. The minimum atomic E-state index is -0.922. The quantitative estimate of drug-likeness (QED) is 0.557. The molecule has 0 heterocycles. The fourth-order valence-electron chi connectivity index (χ4n) is 2.01. The first kappa shape index (κ1) is 18.4. The highest BCUT2D eigenvalue weighted by atomic mass is 32.2. The van der Waals surface area contributed by atoms with Crippen LogP contribution in [0.1, 0.15) is 41.6 Å². The summed E-state index contributed by atoms with van der Waals surface area (Å²) >= 11 is 0. The largest absolute Gasteiger partial charge is 0.469 e. The number of rotatable bonds is 9. The van der Waals surface area contributed by atoms with Gasteiger partial charge in [0.15, 0.2) is 0 Å². The van der Waals surface area contributed by atoms with Crippen molar-refractivity contribution >= 4 is 22.7 Å². The van der Waals surface area contributed by atoms with Gasteiger partial charge in [0.1, 0.15) is 0 Å². The van der Waals surface area contributed by atoms with Crippen molar-refractivity contribution in [2.45, 2.75) is 31.4 Å². The lowest BCUT2D eigenvalue weighted by atomic mass is 10.1. The second-order valence-corrected chi connectivity index (χ2v) is 6.50. The van der Waals surface area contributed by atoms with Crippen molar-refractivity contribution in [2.24, 2.45) is 0 Å². The molecule has 0 saturated carbocycles. The monoisotopic (exact) mass is 325 g/mol. The van der Waals surface area contributed by atoms with E-state index >= 15 is 0 Å². The molecule has 0 aromatic heterocycles. The SMILES string of the molecule is COC(=O)CCCCCNC(=O)c1cccc(CS(C)=O)c1. The van der Waals surface area contributed by atoms with Crippen LogP contribution in [-0.2, 0) is 26.1 Å². The number of methoxy groups -OCH3 is 1. The van der Waals surface area contributed by atoms with E-state index in [4.69, 9.17) is 0 Å². The number of carbonyl (C=O) groups is 2. The molecule has 1 rings (SSSR count). The average molecular weight is 325 g/mol. The van der Waals surface area contributed by atoms with Crippen molar-refractivity contribution in [3.63, 3.8) is 0 Å². The molecule has 6 heteroatoms. The van der Waals surface area contributed by atoms with Crippen molar-refractivity contribution < 1.29 is 18.5 Å². The van der Waals surface area contributed by atoms with E-state index in [1.165, 1.54) is 7.11 Å². The van der Waals surface area contributed by atoms with Crippen LogP contribution in [0.4, 0.5) is 0 Å². The highest BCUT2D eigenvalue weighted by molar-refractivity contribution is 7.83. The molecule has 22 heavy (non-hydrogen) atoms. The van der Waals surface area contributed by atoms with Crippen LogP contribution in [0, 0.1) is 0 Å². The van der Waals surface area contributed by atoms with Gasteiger partial charge in [0.05, 0.1) is 7.11 Å². The number of hydrogen-bond donors (Lipinski definition) is 1. The van der Waals surface area contributed by atoms with E-state index in [0.29, 0.717) is 24.3 Å². The lowest BCUT2D eigenvalue weighted by Gasteiger charge is -2.06. The third-order valence-corrected chi connectivity index (χ3v) is 3.87. The third kappa shape index (κ3) is 7.36. The molecule has 0 bridgehead atoms. The first-order chi connectivity index (χ1) is 10.5.